The number of hydrogen-bond donors (Lipinski definition) is 0. The van der Waals surface area contributed by atoms with Gasteiger partial charge in [0.25, 0.3) is 0 Å². The number of aromatic nitrogens is 2. The van der Waals surface area contributed by atoms with Crippen molar-refractivity contribution in [2.45, 2.75) is 44.7 Å². The van der Waals surface area contributed by atoms with Crippen LogP contribution in [0.1, 0.15) is 32.1 Å². The Hall–Kier alpha value is -1.85. The minimum Gasteiger partial charge on any atom is -0.342 e. The van der Waals surface area contributed by atoms with Gasteiger partial charge in [0.05, 0.1) is 6.33 Å². The molecule has 3 rings (SSSR count). The minimum absolute atomic E-state index is 0.213. The molecule has 2 aliphatic rings. The zero-order valence-electron chi connectivity index (χ0n) is 13.1. The number of piperidine rings is 1. The number of aryl methyl sites for hydroxylation is 1. The van der Waals surface area contributed by atoms with Gasteiger partial charge in [-0.05, 0) is 25.2 Å². The number of hydrogen-bond acceptors (Lipinski definition) is 3. The Bertz CT molecular complexity index is 528. The van der Waals surface area contributed by atoms with E-state index in [0.29, 0.717) is 31.3 Å². The largest absolute Gasteiger partial charge is 0.342 e. The normalized spacial score (nSPS) is 25.8. The highest BCUT2D eigenvalue weighted by atomic mass is 16.2. The van der Waals surface area contributed by atoms with E-state index in [4.69, 9.17) is 0 Å². The predicted octanol–water partition coefficient (Wildman–Crippen LogP) is 1.13. The number of amides is 2. The number of nitrogens with zero attached hydrogens (tertiary/aromatic N) is 4. The maximum Gasteiger partial charge on any atom is 0.224 e. The molecule has 0 unspecified atom stereocenters. The van der Waals surface area contributed by atoms with Gasteiger partial charge in [-0.2, -0.15) is 0 Å². The van der Waals surface area contributed by atoms with Gasteiger partial charge in [-0.25, -0.2) is 4.98 Å². The van der Waals surface area contributed by atoms with E-state index in [9.17, 15) is 9.59 Å². The summed E-state index contributed by atoms with van der Waals surface area (Å²) >= 11 is 0. The molecule has 0 aliphatic carbocycles. The molecule has 3 heterocycles. The summed E-state index contributed by atoms with van der Waals surface area (Å²) in [7, 11) is 1.92. The van der Waals surface area contributed by atoms with Gasteiger partial charge in [0.15, 0.2) is 0 Å². The molecular formula is C16H24N4O2. The Morgan fingerprint density at radius 2 is 2.27 bits per heavy atom. The maximum atomic E-state index is 12.4. The van der Waals surface area contributed by atoms with E-state index in [-0.39, 0.29) is 11.8 Å². The van der Waals surface area contributed by atoms with E-state index in [2.05, 4.69) is 4.98 Å². The molecule has 2 aliphatic heterocycles. The molecule has 2 amide bonds. The summed E-state index contributed by atoms with van der Waals surface area (Å²) < 4.78 is 1.93. The molecular weight excluding hydrogens is 280 g/mol. The third-order valence-electron chi connectivity index (χ3n) is 5.05. The number of fused-ring (bicyclic) bond motifs is 1. The lowest BCUT2D eigenvalue weighted by Crippen LogP contribution is -2.51. The summed E-state index contributed by atoms with van der Waals surface area (Å²) in [5, 5.41) is 0. The van der Waals surface area contributed by atoms with Crippen LogP contribution in [0.3, 0.4) is 0 Å². The standard InChI is InChI=1S/C16H24N4O2/c1-18-14-5-9-20(11-13(14)3-2-4-15(18)21)16(22)6-8-19-10-7-17-12-19/h7,10,12-14H,2-6,8-9,11H2,1H3/t13-,14+/m0/s1. The highest BCUT2D eigenvalue weighted by Crippen LogP contribution is 2.29. The molecule has 22 heavy (non-hydrogen) atoms. The van der Waals surface area contributed by atoms with Crippen molar-refractivity contribution in [1.29, 1.82) is 0 Å². The molecule has 0 aromatic carbocycles. The van der Waals surface area contributed by atoms with E-state index in [1.807, 2.05) is 27.6 Å². The van der Waals surface area contributed by atoms with E-state index in [0.717, 1.165) is 32.4 Å². The number of rotatable bonds is 3. The van der Waals surface area contributed by atoms with Crippen molar-refractivity contribution in [3.63, 3.8) is 0 Å². The minimum atomic E-state index is 0.213. The van der Waals surface area contributed by atoms with Crippen molar-refractivity contribution in [3.8, 4) is 0 Å². The van der Waals surface area contributed by atoms with Crippen molar-refractivity contribution in [2.75, 3.05) is 20.1 Å². The van der Waals surface area contributed by atoms with Crippen LogP contribution >= 0.6 is 0 Å². The van der Waals surface area contributed by atoms with E-state index < -0.39 is 0 Å². The summed E-state index contributed by atoms with van der Waals surface area (Å²) in [4.78, 5) is 32.3. The first-order chi connectivity index (χ1) is 10.6. The Kier molecular flexibility index (Phi) is 4.45. The lowest BCUT2D eigenvalue weighted by atomic mass is 9.88. The topological polar surface area (TPSA) is 58.4 Å². The number of carbonyl (C=O) groups excluding carboxylic acids is 2. The van der Waals surface area contributed by atoms with Gasteiger partial charge in [0.1, 0.15) is 0 Å². The molecule has 0 spiro atoms. The molecule has 0 bridgehead atoms. The van der Waals surface area contributed by atoms with Crippen molar-refractivity contribution in [1.82, 2.24) is 19.4 Å². The Labute approximate surface area is 131 Å². The fraction of sp³-hybridized carbons (Fsp3) is 0.688. The van der Waals surface area contributed by atoms with Gasteiger partial charge in [0, 0.05) is 58.0 Å². The van der Waals surface area contributed by atoms with Crippen LogP contribution in [0.4, 0.5) is 0 Å². The SMILES string of the molecule is CN1C(=O)CCC[C@H]2CN(C(=O)CCn3ccnc3)CC[C@H]21. The molecule has 0 saturated carbocycles. The Morgan fingerprint density at radius 3 is 3.05 bits per heavy atom. The van der Waals surface area contributed by atoms with Gasteiger partial charge in [-0.1, -0.05) is 0 Å². The van der Waals surface area contributed by atoms with E-state index in [1.54, 1.807) is 12.5 Å². The van der Waals surface area contributed by atoms with Gasteiger partial charge in [0.2, 0.25) is 11.8 Å². The first-order valence-corrected chi connectivity index (χ1v) is 8.14. The highest BCUT2D eigenvalue weighted by Gasteiger charge is 2.36. The molecule has 2 atom stereocenters. The van der Waals surface area contributed by atoms with Crippen LogP contribution in [-0.2, 0) is 16.1 Å². The summed E-state index contributed by atoms with van der Waals surface area (Å²) in [5.41, 5.74) is 0. The van der Waals surface area contributed by atoms with Crippen LogP contribution < -0.4 is 0 Å². The third kappa shape index (κ3) is 3.15. The second-order valence-corrected chi connectivity index (χ2v) is 6.40. The van der Waals surface area contributed by atoms with Crippen molar-refractivity contribution >= 4 is 11.8 Å². The highest BCUT2D eigenvalue weighted by molar-refractivity contribution is 5.77. The Balaban J connectivity index is 1.56. The summed E-state index contributed by atoms with van der Waals surface area (Å²) in [6.45, 7) is 2.24. The number of imidazole rings is 1. The number of carbonyl (C=O) groups is 2. The fourth-order valence-electron chi connectivity index (χ4n) is 3.72. The molecule has 0 radical (unpaired) electrons. The van der Waals surface area contributed by atoms with Gasteiger partial charge in [-0.15, -0.1) is 0 Å². The third-order valence-corrected chi connectivity index (χ3v) is 5.05. The zero-order valence-corrected chi connectivity index (χ0v) is 13.1. The first-order valence-electron chi connectivity index (χ1n) is 8.14. The quantitative estimate of drug-likeness (QED) is 0.841. The predicted molar refractivity (Wildman–Crippen MR) is 81.9 cm³/mol. The van der Waals surface area contributed by atoms with Gasteiger partial charge >= 0.3 is 0 Å². The monoisotopic (exact) mass is 304 g/mol. The molecule has 120 valence electrons. The summed E-state index contributed by atoms with van der Waals surface area (Å²) in [6.07, 6.45) is 9.42. The van der Waals surface area contributed by atoms with Gasteiger partial charge in [-0.3, -0.25) is 9.59 Å². The number of likely N-dealkylation sites (tertiary alicyclic amines) is 2. The molecule has 1 aromatic rings. The average Bonchev–Trinajstić information content (AvgIpc) is 3.00. The van der Waals surface area contributed by atoms with Crippen LogP contribution in [0.25, 0.3) is 0 Å². The van der Waals surface area contributed by atoms with Crippen LogP contribution in [0, 0.1) is 5.92 Å². The lowest BCUT2D eigenvalue weighted by Gasteiger charge is -2.41. The van der Waals surface area contributed by atoms with Crippen molar-refractivity contribution in [3.05, 3.63) is 18.7 Å². The summed E-state index contributed by atoms with van der Waals surface area (Å²) in [5.74, 6) is 0.903. The molecule has 6 heteroatoms. The molecule has 6 nitrogen and oxygen atoms in total. The zero-order chi connectivity index (χ0) is 15.5. The average molecular weight is 304 g/mol. The molecule has 2 fully saturated rings. The lowest BCUT2D eigenvalue weighted by molar-refractivity contribution is -0.136. The van der Waals surface area contributed by atoms with Gasteiger partial charge < -0.3 is 14.4 Å². The molecule has 0 N–H and O–H groups in total. The second kappa shape index (κ2) is 6.50. The second-order valence-electron chi connectivity index (χ2n) is 6.40. The van der Waals surface area contributed by atoms with Crippen LogP contribution in [0.15, 0.2) is 18.7 Å². The molecule has 2 saturated heterocycles. The summed E-state index contributed by atoms with van der Waals surface area (Å²) in [6, 6.07) is 0.313. The van der Waals surface area contributed by atoms with E-state index in [1.165, 1.54) is 0 Å². The first kappa shape index (κ1) is 15.1. The van der Waals surface area contributed by atoms with E-state index >= 15 is 0 Å². The smallest absolute Gasteiger partial charge is 0.224 e. The Morgan fingerprint density at radius 1 is 1.41 bits per heavy atom. The van der Waals surface area contributed by atoms with Crippen LogP contribution in [0.5, 0.6) is 0 Å². The molecule has 1 aromatic heterocycles. The van der Waals surface area contributed by atoms with Crippen molar-refractivity contribution < 1.29 is 9.59 Å². The van der Waals surface area contributed by atoms with Crippen molar-refractivity contribution in [2.24, 2.45) is 5.92 Å². The fourth-order valence-corrected chi connectivity index (χ4v) is 3.72. The van der Waals surface area contributed by atoms with Crippen LogP contribution in [0.2, 0.25) is 0 Å². The maximum absolute atomic E-state index is 12.4. The van der Waals surface area contributed by atoms with Crippen LogP contribution in [-0.4, -0.2) is 57.3 Å².